The van der Waals surface area contributed by atoms with E-state index in [1.54, 1.807) is 17.4 Å². The third-order valence-corrected chi connectivity index (χ3v) is 6.65. The van der Waals surface area contributed by atoms with Gasteiger partial charge in [0.1, 0.15) is 0 Å². The molecule has 0 bridgehead atoms. The number of sulfonamides is 1. The van der Waals surface area contributed by atoms with E-state index in [0.717, 1.165) is 36.9 Å². The molecular weight excluding hydrogens is 284 g/mol. The Bertz CT molecular complexity index is 619. The van der Waals surface area contributed by atoms with Crippen LogP contribution in [0.1, 0.15) is 43.2 Å². The minimum absolute atomic E-state index is 0.185. The molecule has 2 aliphatic carbocycles. The zero-order valence-electron chi connectivity index (χ0n) is 12.8. The topological polar surface area (TPSA) is 49.4 Å². The molecule has 1 aromatic carbocycles. The van der Waals surface area contributed by atoms with Crippen molar-refractivity contribution in [3.8, 4) is 0 Å². The highest BCUT2D eigenvalue weighted by Crippen LogP contribution is 2.29. The summed E-state index contributed by atoms with van der Waals surface area (Å²) in [5.41, 5.74) is 2.23. The number of benzene rings is 1. The van der Waals surface area contributed by atoms with Gasteiger partial charge in [-0.3, -0.25) is 0 Å². The number of aryl methyl sites for hydroxylation is 1. The lowest BCUT2D eigenvalue weighted by Gasteiger charge is -2.33. The van der Waals surface area contributed by atoms with Crippen molar-refractivity contribution in [1.29, 1.82) is 0 Å². The summed E-state index contributed by atoms with van der Waals surface area (Å²) < 4.78 is 26.9. The summed E-state index contributed by atoms with van der Waals surface area (Å²) in [6.45, 7) is 2.79. The Labute approximate surface area is 127 Å². The predicted octanol–water partition coefficient (Wildman–Crippen LogP) is 2.42. The van der Waals surface area contributed by atoms with E-state index in [1.165, 1.54) is 12.8 Å². The van der Waals surface area contributed by atoms with E-state index >= 15 is 0 Å². The Morgan fingerprint density at radius 1 is 1.24 bits per heavy atom. The maximum atomic E-state index is 12.7. The predicted molar refractivity (Wildman–Crippen MR) is 83.6 cm³/mol. The van der Waals surface area contributed by atoms with Crippen molar-refractivity contribution in [2.45, 2.75) is 62.6 Å². The maximum absolute atomic E-state index is 12.7. The average Bonchev–Trinajstić information content (AvgIpc) is 3.19. The first kappa shape index (κ1) is 15.0. The zero-order valence-corrected chi connectivity index (χ0v) is 13.6. The number of nitrogens with zero attached hydrogens (tertiary/aromatic N) is 1. The number of hydrogen-bond donors (Lipinski definition) is 1. The minimum atomic E-state index is -3.36. The molecule has 116 valence electrons. The molecule has 0 unspecified atom stereocenters. The number of nitrogens with one attached hydrogen (secondary N) is 1. The Morgan fingerprint density at radius 3 is 2.52 bits per heavy atom. The lowest BCUT2D eigenvalue weighted by Crippen LogP contribution is -2.41. The van der Waals surface area contributed by atoms with E-state index in [2.05, 4.69) is 5.32 Å². The maximum Gasteiger partial charge on any atom is 0.243 e. The molecule has 4 nitrogen and oxygen atoms in total. The lowest BCUT2D eigenvalue weighted by atomic mass is 9.94. The third kappa shape index (κ3) is 3.15. The van der Waals surface area contributed by atoms with Crippen molar-refractivity contribution in [2.24, 2.45) is 0 Å². The summed E-state index contributed by atoms with van der Waals surface area (Å²) >= 11 is 0. The van der Waals surface area contributed by atoms with Gasteiger partial charge in [0.2, 0.25) is 10.0 Å². The van der Waals surface area contributed by atoms with Crippen molar-refractivity contribution in [2.75, 3.05) is 7.05 Å². The molecule has 2 saturated carbocycles. The molecule has 0 radical (unpaired) electrons. The standard InChI is InChI=1S/C16H24N2O2S/c1-12-6-9-16(10-13(12)11-17-14-7-8-14)21(19,20)18(2)15-4-3-5-15/h6,9-10,14-15,17H,3-5,7-8,11H2,1-2H3. The quantitative estimate of drug-likeness (QED) is 0.878. The molecule has 2 aliphatic rings. The molecular formula is C16H24N2O2S. The van der Waals surface area contributed by atoms with Gasteiger partial charge >= 0.3 is 0 Å². The van der Waals surface area contributed by atoms with E-state index in [9.17, 15) is 8.42 Å². The van der Waals surface area contributed by atoms with Gasteiger partial charge in [0, 0.05) is 25.7 Å². The van der Waals surface area contributed by atoms with Crippen LogP contribution in [-0.4, -0.2) is 31.9 Å². The molecule has 0 aliphatic heterocycles. The summed E-state index contributed by atoms with van der Waals surface area (Å²) in [5, 5.41) is 3.46. The fourth-order valence-electron chi connectivity index (χ4n) is 2.65. The van der Waals surface area contributed by atoms with Gasteiger partial charge in [0.05, 0.1) is 4.90 Å². The summed E-state index contributed by atoms with van der Waals surface area (Å²) in [4.78, 5) is 0.426. The van der Waals surface area contributed by atoms with Crippen LogP contribution in [0, 0.1) is 6.92 Å². The summed E-state index contributed by atoms with van der Waals surface area (Å²) in [6, 6.07) is 6.31. The molecule has 0 heterocycles. The van der Waals surface area contributed by atoms with E-state index < -0.39 is 10.0 Å². The van der Waals surface area contributed by atoms with Gasteiger partial charge in [-0.05, 0) is 55.9 Å². The average molecular weight is 308 g/mol. The van der Waals surface area contributed by atoms with Crippen molar-refractivity contribution in [3.63, 3.8) is 0 Å². The van der Waals surface area contributed by atoms with Gasteiger partial charge in [-0.25, -0.2) is 8.42 Å². The first-order chi connectivity index (χ1) is 9.98. The van der Waals surface area contributed by atoms with Crippen LogP contribution in [0.4, 0.5) is 0 Å². The van der Waals surface area contributed by atoms with Crippen LogP contribution in [0.15, 0.2) is 23.1 Å². The summed E-state index contributed by atoms with van der Waals surface area (Å²) in [5.74, 6) is 0. The number of rotatable bonds is 6. The Balaban J connectivity index is 1.81. The van der Waals surface area contributed by atoms with Crippen molar-refractivity contribution >= 4 is 10.0 Å². The summed E-state index contributed by atoms with van der Waals surface area (Å²) in [7, 11) is -1.65. The van der Waals surface area contributed by atoms with Gasteiger partial charge in [-0.2, -0.15) is 4.31 Å². The monoisotopic (exact) mass is 308 g/mol. The zero-order chi connectivity index (χ0) is 15.0. The molecule has 0 amide bonds. The van der Waals surface area contributed by atoms with Crippen molar-refractivity contribution in [1.82, 2.24) is 9.62 Å². The fourth-order valence-corrected chi connectivity index (χ4v) is 4.12. The molecule has 21 heavy (non-hydrogen) atoms. The van der Waals surface area contributed by atoms with E-state index in [-0.39, 0.29) is 6.04 Å². The van der Waals surface area contributed by atoms with Crippen LogP contribution < -0.4 is 5.32 Å². The van der Waals surface area contributed by atoms with Crippen molar-refractivity contribution < 1.29 is 8.42 Å². The molecule has 0 atom stereocenters. The van der Waals surface area contributed by atoms with Gasteiger partial charge in [-0.1, -0.05) is 12.5 Å². The Kier molecular flexibility index (Phi) is 4.08. The van der Waals surface area contributed by atoms with Crippen LogP contribution in [0.3, 0.4) is 0 Å². The number of hydrogen-bond acceptors (Lipinski definition) is 3. The van der Waals surface area contributed by atoms with E-state index in [0.29, 0.717) is 10.9 Å². The molecule has 1 aromatic rings. The van der Waals surface area contributed by atoms with Gasteiger partial charge < -0.3 is 5.32 Å². The molecule has 0 spiro atoms. The molecule has 5 heteroatoms. The van der Waals surface area contributed by atoms with Crippen molar-refractivity contribution in [3.05, 3.63) is 29.3 Å². The third-order valence-electron chi connectivity index (χ3n) is 4.75. The fraction of sp³-hybridized carbons (Fsp3) is 0.625. The largest absolute Gasteiger partial charge is 0.310 e. The van der Waals surface area contributed by atoms with Crippen LogP contribution in [0.5, 0.6) is 0 Å². The first-order valence-electron chi connectivity index (χ1n) is 7.79. The van der Waals surface area contributed by atoms with Gasteiger partial charge in [-0.15, -0.1) is 0 Å². The molecule has 1 N–H and O–H groups in total. The molecule has 0 aromatic heterocycles. The second-order valence-corrected chi connectivity index (χ2v) is 8.35. The Hall–Kier alpha value is -0.910. The lowest BCUT2D eigenvalue weighted by molar-refractivity contribution is 0.249. The highest BCUT2D eigenvalue weighted by molar-refractivity contribution is 7.89. The SMILES string of the molecule is Cc1ccc(S(=O)(=O)N(C)C2CCC2)cc1CNC1CC1. The van der Waals surface area contributed by atoms with E-state index in [1.807, 2.05) is 19.1 Å². The second kappa shape index (κ2) is 5.71. The van der Waals surface area contributed by atoms with Crippen LogP contribution in [0.2, 0.25) is 0 Å². The molecule has 3 rings (SSSR count). The molecule has 0 saturated heterocycles. The van der Waals surface area contributed by atoms with E-state index in [4.69, 9.17) is 0 Å². The highest BCUT2D eigenvalue weighted by Gasteiger charge is 2.32. The highest BCUT2D eigenvalue weighted by atomic mass is 32.2. The minimum Gasteiger partial charge on any atom is -0.310 e. The van der Waals surface area contributed by atoms with Crippen LogP contribution in [0.25, 0.3) is 0 Å². The first-order valence-corrected chi connectivity index (χ1v) is 9.23. The normalized spacial score (nSPS) is 19.8. The smallest absolute Gasteiger partial charge is 0.243 e. The van der Waals surface area contributed by atoms with Gasteiger partial charge in [0.15, 0.2) is 0 Å². The summed E-state index contributed by atoms with van der Waals surface area (Å²) in [6.07, 6.45) is 5.58. The van der Waals surface area contributed by atoms with Gasteiger partial charge in [0.25, 0.3) is 0 Å². The second-order valence-electron chi connectivity index (χ2n) is 6.35. The van der Waals surface area contributed by atoms with Crippen LogP contribution >= 0.6 is 0 Å². The van der Waals surface area contributed by atoms with Crippen LogP contribution in [-0.2, 0) is 16.6 Å². The Morgan fingerprint density at radius 2 is 1.95 bits per heavy atom. The molecule has 2 fully saturated rings.